The van der Waals surface area contributed by atoms with Gasteiger partial charge >= 0.3 is 39.5 Å². The molecule has 0 saturated heterocycles. The first kappa shape index (κ1) is 81.1. The molecule has 19 heteroatoms. The summed E-state index contributed by atoms with van der Waals surface area (Å²) in [7, 11) is -9.87. The fourth-order valence-electron chi connectivity index (χ4n) is 9.53. The molecule has 0 aliphatic carbocycles. The highest BCUT2D eigenvalue weighted by Gasteiger charge is 2.30. The normalized spacial score (nSPS) is 14.3. The van der Waals surface area contributed by atoms with Crippen molar-refractivity contribution in [3.8, 4) is 0 Å². The first-order chi connectivity index (χ1) is 39.9. The summed E-state index contributed by atoms with van der Waals surface area (Å²) in [6, 6.07) is 0. The molecule has 0 aromatic carbocycles. The number of aliphatic hydroxyl groups excluding tert-OH is 1. The van der Waals surface area contributed by atoms with Gasteiger partial charge in [0.2, 0.25) is 0 Å². The van der Waals surface area contributed by atoms with E-state index < -0.39 is 97.5 Å². The molecule has 0 fully saturated rings. The summed E-state index contributed by atoms with van der Waals surface area (Å²) < 4.78 is 67.6. The van der Waals surface area contributed by atoms with Crippen LogP contribution in [0, 0.1) is 11.8 Å². The average Bonchev–Trinajstić information content (AvgIpc) is 3.48. The number of carbonyl (C=O) groups excluding carboxylic acids is 4. The first-order valence-electron chi connectivity index (χ1n) is 33.5. The van der Waals surface area contributed by atoms with E-state index in [4.69, 9.17) is 37.0 Å². The van der Waals surface area contributed by atoms with Crippen molar-refractivity contribution < 1.29 is 80.2 Å². The molecule has 0 aliphatic heterocycles. The third kappa shape index (κ3) is 58.8. The van der Waals surface area contributed by atoms with Crippen molar-refractivity contribution in [2.24, 2.45) is 11.8 Å². The number of unbranched alkanes of at least 4 members (excludes halogenated alkanes) is 33. The maximum atomic E-state index is 13.0. The van der Waals surface area contributed by atoms with Gasteiger partial charge in [0.1, 0.15) is 19.3 Å². The predicted molar refractivity (Wildman–Crippen MR) is 331 cm³/mol. The van der Waals surface area contributed by atoms with Gasteiger partial charge in [-0.2, -0.15) is 0 Å². The number of phosphoric acid groups is 2. The summed E-state index contributed by atoms with van der Waals surface area (Å²) in [5.74, 6) is -0.575. The van der Waals surface area contributed by atoms with Crippen molar-refractivity contribution in [1.82, 2.24) is 0 Å². The molecule has 0 rings (SSSR count). The lowest BCUT2D eigenvalue weighted by atomic mass is 10.0. The van der Waals surface area contributed by atoms with Crippen LogP contribution in [0.4, 0.5) is 0 Å². The second-order valence-electron chi connectivity index (χ2n) is 24.1. The molecule has 0 aromatic rings. The lowest BCUT2D eigenvalue weighted by Crippen LogP contribution is -2.30. The van der Waals surface area contributed by atoms with Crippen molar-refractivity contribution in [2.75, 3.05) is 39.6 Å². The second-order valence-corrected chi connectivity index (χ2v) is 27.0. The largest absolute Gasteiger partial charge is 0.472 e. The van der Waals surface area contributed by atoms with Crippen molar-refractivity contribution in [3.63, 3.8) is 0 Å². The van der Waals surface area contributed by atoms with E-state index in [-0.39, 0.29) is 25.7 Å². The lowest BCUT2D eigenvalue weighted by molar-refractivity contribution is -0.161. The molecule has 0 saturated carbocycles. The van der Waals surface area contributed by atoms with Gasteiger partial charge in [0, 0.05) is 25.7 Å². The van der Waals surface area contributed by atoms with E-state index in [2.05, 4.69) is 41.5 Å². The summed E-state index contributed by atoms with van der Waals surface area (Å²) in [6.45, 7) is 9.35. The maximum Gasteiger partial charge on any atom is 0.472 e. The number of aliphatic hydroxyl groups is 1. The highest BCUT2D eigenvalue weighted by Crippen LogP contribution is 2.45. The molecular formula is C64H124O17P2. The van der Waals surface area contributed by atoms with E-state index in [1.165, 1.54) is 128 Å². The molecule has 17 nitrogen and oxygen atoms in total. The van der Waals surface area contributed by atoms with Crippen molar-refractivity contribution in [2.45, 2.75) is 336 Å². The van der Waals surface area contributed by atoms with Crippen molar-refractivity contribution in [3.05, 3.63) is 0 Å². The Morgan fingerprint density at radius 2 is 0.554 bits per heavy atom. The summed E-state index contributed by atoms with van der Waals surface area (Å²) in [4.78, 5) is 71.7. The van der Waals surface area contributed by atoms with Crippen molar-refractivity contribution >= 4 is 39.5 Å². The van der Waals surface area contributed by atoms with Crippen molar-refractivity contribution in [1.29, 1.82) is 0 Å². The van der Waals surface area contributed by atoms with Crippen LogP contribution in [0.5, 0.6) is 0 Å². The topological polar surface area (TPSA) is 237 Å². The van der Waals surface area contributed by atoms with Gasteiger partial charge in [-0.3, -0.25) is 37.3 Å². The van der Waals surface area contributed by atoms with Gasteiger partial charge in [-0.15, -0.1) is 0 Å². The fourth-order valence-corrected chi connectivity index (χ4v) is 11.1. The summed E-state index contributed by atoms with van der Waals surface area (Å²) >= 11 is 0. The number of rotatable bonds is 63. The summed E-state index contributed by atoms with van der Waals surface area (Å²) in [5, 5.41) is 10.5. The Labute approximate surface area is 505 Å². The highest BCUT2D eigenvalue weighted by molar-refractivity contribution is 7.47. The third-order valence-electron chi connectivity index (χ3n) is 14.7. The van der Waals surface area contributed by atoms with Gasteiger partial charge in [0.15, 0.2) is 12.2 Å². The highest BCUT2D eigenvalue weighted by atomic mass is 31.2. The number of phosphoric ester groups is 2. The standard InChI is InChI=1S/C64H124O17P2/c1-7-9-11-32-40-46-61(66)74-52-59(80-63(68)48-42-33-12-10-8-2)54-78-82(70,71)76-50-58(65)51-77-83(72,73)79-55-60(53-75-62(67)47-41-36-30-26-23-19-21-25-29-35-39-45-57(5)6)81-64(69)49-43-37-31-27-22-18-16-14-13-15-17-20-24-28-34-38-44-56(3)4/h56-60,65H,7-55H2,1-6H3,(H,70,71)(H,72,73)/t58-,59+,60+/m0/s1. The molecule has 0 amide bonds. The summed E-state index contributed by atoms with van der Waals surface area (Å²) in [6.07, 6.45) is 39.8. The number of ether oxygens (including phenoxy) is 4. The van der Waals surface area contributed by atoms with Crippen LogP contribution >= 0.6 is 15.6 Å². The van der Waals surface area contributed by atoms with E-state index in [9.17, 15) is 43.2 Å². The minimum atomic E-state index is -4.94. The van der Waals surface area contributed by atoms with Crippen LogP contribution in [0.3, 0.4) is 0 Å². The molecule has 492 valence electrons. The second kappa shape index (κ2) is 56.6. The SMILES string of the molecule is CCCCCCCC(=O)OC[C@H](COP(=O)(O)OC[C@H](O)COP(=O)(O)OC[C@@H](COC(=O)CCCCCCCCCCCCCC(C)C)OC(=O)CCCCCCCCCCCCCCCCCCC(C)C)OC(=O)CCCCCCC. The molecule has 0 aliphatic rings. The van der Waals surface area contributed by atoms with Crippen LogP contribution in [-0.2, 0) is 65.4 Å². The smallest absolute Gasteiger partial charge is 0.462 e. The number of hydrogen-bond acceptors (Lipinski definition) is 15. The minimum absolute atomic E-state index is 0.0987. The molecule has 2 unspecified atom stereocenters. The first-order valence-corrected chi connectivity index (χ1v) is 36.5. The van der Waals surface area contributed by atoms with E-state index in [0.29, 0.717) is 25.7 Å². The summed E-state index contributed by atoms with van der Waals surface area (Å²) in [5.41, 5.74) is 0. The fraction of sp³-hybridized carbons (Fsp3) is 0.938. The van der Waals surface area contributed by atoms with Gasteiger partial charge in [-0.25, -0.2) is 9.13 Å². The molecule has 83 heavy (non-hydrogen) atoms. The van der Waals surface area contributed by atoms with E-state index in [0.717, 1.165) is 108 Å². The maximum absolute atomic E-state index is 13.0. The molecule has 0 spiro atoms. The monoisotopic (exact) mass is 1230 g/mol. The van der Waals surface area contributed by atoms with Crippen LogP contribution < -0.4 is 0 Å². The molecule has 0 radical (unpaired) electrons. The van der Waals surface area contributed by atoms with Crippen LogP contribution in [0.2, 0.25) is 0 Å². The quantitative estimate of drug-likeness (QED) is 0.0222. The zero-order valence-corrected chi connectivity index (χ0v) is 55.3. The average molecular weight is 1230 g/mol. The van der Waals surface area contributed by atoms with Crippen LogP contribution in [0.15, 0.2) is 0 Å². The molecule has 0 bridgehead atoms. The van der Waals surface area contributed by atoms with E-state index >= 15 is 0 Å². The Balaban J connectivity index is 5.08. The molecule has 0 heterocycles. The van der Waals surface area contributed by atoms with Crippen LogP contribution in [0.1, 0.15) is 318 Å². The molecule has 3 N–H and O–H groups in total. The Hall–Kier alpha value is -1.94. The van der Waals surface area contributed by atoms with Gasteiger partial charge in [-0.1, -0.05) is 266 Å². The predicted octanol–water partition coefficient (Wildman–Crippen LogP) is 17.7. The number of carbonyl (C=O) groups is 4. The van der Waals surface area contributed by atoms with Gasteiger partial charge in [0.05, 0.1) is 26.4 Å². The number of esters is 4. The van der Waals surface area contributed by atoms with Gasteiger partial charge < -0.3 is 33.8 Å². The van der Waals surface area contributed by atoms with Crippen LogP contribution in [-0.4, -0.2) is 96.7 Å². The van der Waals surface area contributed by atoms with E-state index in [1.54, 1.807) is 0 Å². The molecule has 5 atom stereocenters. The lowest BCUT2D eigenvalue weighted by Gasteiger charge is -2.21. The Bertz CT molecular complexity index is 1630. The van der Waals surface area contributed by atoms with Gasteiger partial charge in [-0.05, 0) is 37.5 Å². The Morgan fingerprint density at radius 1 is 0.325 bits per heavy atom. The Morgan fingerprint density at radius 3 is 0.819 bits per heavy atom. The zero-order valence-electron chi connectivity index (χ0n) is 53.5. The number of hydrogen-bond donors (Lipinski definition) is 3. The van der Waals surface area contributed by atoms with Gasteiger partial charge in [0.25, 0.3) is 0 Å². The third-order valence-corrected chi connectivity index (χ3v) is 16.6. The minimum Gasteiger partial charge on any atom is -0.462 e. The van der Waals surface area contributed by atoms with E-state index in [1.807, 2.05) is 0 Å². The molecular weight excluding hydrogens is 1100 g/mol. The zero-order chi connectivity index (χ0) is 61.5. The molecule has 0 aromatic heterocycles. The Kier molecular flexibility index (Phi) is 55.2. The van der Waals surface area contributed by atoms with Crippen LogP contribution in [0.25, 0.3) is 0 Å².